The Hall–Kier alpha value is -2.49. The molecule has 2 aromatic carbocycles. The van der Waals surface area contributed by atoms with Crippen molar-refractivity contribution in [2.45, 2.75) is 13.0 Å². The van der Waals surface area contributed by atoms with Crippen LogP contribution >= 0.6 is 0 Å². The van der Waals surface area contributed by atoms with Gasteiger partial charge in [0.15, 0.2) is 11.5 Å². The van der Waals surface area contributed by atoms with E-state index in [9.17, 15) is 4.79 Å². The van der Waals surface area contributed by atoms with Gasteiger partial charge in [0.2, 0.25) is 0 Å². The molecular formula is C17H19NO3. The first-order chi connectivity index (χ1) is 10.2. The van der Waals surface area contributed by atoms with Crippen molar-refractivity contribution in [1.29, 1.82) is 0 Å². The van der Waals surface area contributed by atoms with E-state index in [1.54, 1.807) is 32.4 Å². The second kappa shape index (κ2) is 6.79. The summed E-state index contributed by atoms with van der Waals surface area (Å²) in [7, 11) is 3.11. The summed E-state index contributed by atoms with van der Waals surface area (Å²) >= 11 is 0. The van der Waals surface area contributed by atoms with Gasteiger partial charge in [-0.1, -0.05) is 30.3 Å². The average Bonchev–Trinajstić information content (AvgIpc) is 2.54. The molecule has 0 aliphatic carbocycles. The zero-order valence-corrected chi connectivity index (χ0v) is 12.4. The number of hydrogen-bond acceptors (Lipinski definition) is 3. The van der Waals surface area contributed by atoms with Gasteiger partial charge in [-0.2, -0.15) is 0 Å². The molecule has 0 aliphatic heterocycles. The predicted molar refractivity (Wildman–Crippen MR) is 81.9 cm³/mol. The molecule has 21 heavy (non-hydrogen) atoms. The van der Waals surface area contributed by atoms with Crippen LogP contribution in [0.2, 0.25) is 0 Å². The summed E-state index contributed by atoms with van der Waals surface area (Å²) in [6, 6.07) is 14.9. The molecule has 0 radical (unpaired) electrons. The molecule has 0 heterocycles. The highest BCUT2D eigenvalue weighted by Crippen LogP contribution is 2.27. The van der Waals surface area contributed by atoms with Crippen molar-refractivity contribution in [2.24, 2.45) is 0 Å². The van der Waals surface area contributed by atoms with Crippen LogP contribution in [0.5, 0.6) is 11.5 Å². The van der Waals surface area contributed by atoms with E-state index in [-0.39, 0.29) is 11.9 Å². The minimum Gasteiger partial charge on any atom is -0.493 e. The number of methoxy groups -OCH3 is 2. The fraction of sp³-hybridized carbons (Fsp3) is 0.235. The van der Waals surface area contributed by atoms with Gasteiger partial charge >= 0.3 is 0 Å². The van der Waals surface area contributed by atoms with Gasteiger partial charge < -0.3 is 14.8 Å². The van der Waals surface area contributed by atoms with Gasteiger partial charge in [0.25, 0.3) is 5.91 Å². The molecule has 110 valence electrons. The maximum absolute atomic E-state index is 12.3. The van der Waals surface area contributed by atoms with E-state index in [0.717, 1.165) is 5.56 Å². The molecular weight excluding hydrogens is 266 g/mol. The first-order valence-corrected chi connectivity index (χ1v) is 6.73. The van der Waals surface area contributed by atoms with Crippen LogP contribution < -0.4 is 14.8 Å². The lowest BCUT2D eigenvalue weighted by Crippen LogP contribution is -2.26. The Morgan fingerprint density at radius 2 is 1.67 bits per heavy atom. The van der Waals surface area contributed by atoms with Crippen LogP contribution in [-0.4, -0.2) is 20.1 Å². The van der Waals surface area contributed by atoms with Crippen LogP contribution in [0.4, 0.5) is 0 Å². The summed E-state index contributed by atoms with van der Waals surface area (Å²) in [4.78, 5) is 12.3. The van der Waals surface area contributed by atoms with Crippen molar-refractivity contribution in [3.05, 3.63) is 59.7 Å². The van der Waals surface area contributed by atoms with E-state index in [1.165, 1.54) is 0 Å². The lowest BCUT2D eigenvalue weighted by Gasteiger charge is -2.15. The maximum atomic E-state index is 12.3. The van der Waals surface area contributed by atoms with E-state index in [1.807, 2.05) is 37.3 Å². The standard InChI is InChI=1S/C17H19NO3/c1-12(13-7-5-4-6-8-13)18-17(19)14-9-10-15(20-2)16(11-14)21-3/h4-12H,1-3H3,(H,18,19). The van der Waals surface area contributed by atoms with E-state index < -0.39 is 0 Å². The van der Waals surface area contributed by atoms with Crippen molar-refractivity contribution in [1.82, 2.24) is 5.32 Å². The molecule has 2 rings (SSSR count). The number of nitrogens with one attached hydrogen (secondary N) is 1. The largest absolute Gasteiger partial charge is 0.493 e. The van der Waals surface area contributed by atoms with Crippen LogP contribution in [-0.2, 0) is 0 Å². The summed E-state index contributed by atoms with van der Waals surface area (Å²) in [5, 5.41) is 2.97. The molecule has 0 saturated carbocycles. The molecule has 1 N–H and O–H groups in total. The Morgan fingerprint density at radius 1 is 1.00 bits per heavy atom. The molecule has 0 bridgehead atoms. The Bertz CT molecular complexity index is 611. The molecule has 1 unspecified atom stereocenters. The third-order valence-electron chi connectivity index (χ3n) is 3.29. The third-order valence-corrected chi connectivity index (χ3v) is 3.29. The van der Waals surface area contributed by atoms with Crippen LogP contribution in [0.3, 0.4) is 0 Å². The number of rotatable bonds is 5. The summed E-state index contributed by atoms with van der Waals surface area (Å²) in [6.07, 6.45) is 0. The molecule has 4 heteroatoms. The lowest BCUT2D eigenvalue weighted by atomic mass is 10.1. The van der Waals surface area contributed by atoms with Gasteiger partial charge in [-0.05, 0) is 30.7 Å². The quantitative estimate of drug-likeness (QED) is 0.917. The lowest BCUT2D eigenvalue weighted by molar-refractivity contribution is 0.0939. The predicted octanol–water partition coefficient (Wildman–Crippen LogP) is 3.19. The monoisotopic (exact) mass is 285 g/mol. The number of benzene rings is 2. The minimum absolute atomic E-state index is 0.0632. The first kappa shape index (κ1) is 14.9. The van der Waals surface area contributed by atoms with Crippen molar-refractivity contribution < 1.29 is 14.3 Å². The van der Waals surface area contributed by atoms with E-state index in [4.69, 9.17) is 9.47 Å². The maximum Gasteiger partial charge on any atom is 0.251 e. The van der Waals surface area contributed by atoms with Gasteiger partial charge in [0.05, 0.1) is 20.3 Å². The van der Waals surface area contributed by atoms with Crippen molar-refractivity contribution in [3.63, 3.8) is 0 Å². The van der Waals surface area contributed by atoms with Crippen LogP contribution in [0.1, 0.15) is 28.9 Å². The second-order valence-corrected chi connectivity index (χ2v) is 4.68. The van der Waals surface area contributed by atoms with Gasteiger partial charge in [0.1, 0.15) is 0 Å². The molecule has 0 spiro atoms. The number of carbonyl (C=O) groups is 1. The first-order valence-electron chi connectivity index (χ1n) is 6.73. The van der Waals surface area contributed by atoms with Crippen LogP contribution in [0.15, 0.2) is 48.5 Å². The molecule has 2 aromatic rings. The fourth-order valence-electron chi connectivity index (χ4n) is 2.08. The van der Waals surface area contributed by atoms with Gasteiger partial charge in [-0.15, -0.1) is 0 Å². The highest BCUT2D eigenvalue weighted by molar-refractivity contribution is 5.95. The van der Waals surface area contributed by atoms with E-state index >= 15 is 0 Å². The zero-order valence-electron chi connectivity index (χ0n) is 12.4. The number of ether oxygens (including phenoxy) is 2. The average molecular weight is 285 g/mol. The van der Waals surface area contributed by atoms with Gasteiger partial charge in [-0.3, -0.25) is 4.79 Å². The molecule has 0 aromatic heterocycles. The molecule has 1 atom stereocenters. The minimum atomic E-state index is -0.146. The fourth-order valence-corrected chi connectivity index (χ4v) is 2.08. The molecule has 1 amide bonds. The Labute approximate surface area is 124 Å². The Kier molecular flexibility index (Phi) is 4.82. The number of hydrogen-bond donors (Lipinski definition) is 1. The Balaban J connectivity index is 2.13. The number of amides is 1. The third kappa shape index (κ3) is 3.54. The SMILES string of the molecule is COc1ccc(C(=O)NC(C)c2ccccc2)cc1OC. The van der Waals surface area contributed by atoms with Crippen molar-refractivity contribution in [3.8, 4) is 11.5 Å². The van der Waals surface area contributed by atoms with Gasteiger partial charge in [-0.25, -0.2) is 0 Å². The van der Waals surface area contributed by atoms with Crippen molar-refractivity contribution >= 4 is 5.91 Å². The van der Waals surface area contributed by atoms with Crippen LogP contribution in [0.25, 0.3) is 0 Å². The summed E-state index contributed by atoms with van der Waals surface area (Å²) in [5.74, 6) is 0.995. The topological polar surface area (TPSA) is 47.6 Å². The molecule has 4 nitrogen and oxygen atoms in total. The zero-order chi connectivity index (χ0) is 15.2. The highest BCUT2D eigenvalue weighted by atomic mass is 16.5. The Morgan fingerprint density at radius 3 is 2.29 bits per heavy atom. The highest BCUT2D eigenvalue weighted by Gasteiger charge is 2.13. The van der Waals surface area contributed by atoms with E-state index in [0.29, 0.717) is 17.1 Å². The van der Waals surface area contributed by atoms with Crippen molar-refractivity contribution in [2.75, 3.05) is 14.2 Å². The van der Waals surface area contributed by atoms with E-state index in [2.05, 4.69) is 5.32 Å². The number of carbonyl (C=O) groups excluding carboxylic acids is 1. The smallest absolute Gasteiger partial charge is 0.251 e. The van der Waals surface area contributed by atoms with Gasteiger partial charge in [0, 0.05) is 5.56 Å². The summed E-state index contributed by atoms with van der Waals surface area (Å²) in [6.45, 7) is 1.95. The molecule has 0 aliphatic rings. The van der Waals surface area contributed by atoms with Crippen LogP contribution in [0, 0.1) is 0 Å². The molecule has 0 saturated heterocycles. The normalized spacial score (nSPS) is 11.6. The summed E-state index contributed by atoms with van der Waals surface area (Å²) < 4.78 is 10.4. The second-order valence-electron chi connectivity index (χ2n) is 4.68. The molecule has 0 fully saturated rings. The summed E-state index contributed by atoms with van der Waals surface area (Å²) in [5.41, 5.74) is 1.60.